The third-order valence-electron chi connectivity index (χ3n) is 8.10. The fraction of sp³-hybridized carbons (Fsp3) is 0.484. The van der Waals surface area contributed by atoms with Crippen LogP contribution < -0.4 is 4.74 Å². The summed E-state index contributed by atoms with van der Waals surface area (Å²) in [4.78, 5) is 26.8. The number of aromatic nitrogens is 1. The van der Waals surface area contributed by atoms with E-state index in [-0.39, 0.29) is 11.6 Å². The molecule has 0 unspecified atom stereocenters. The van der Waals surface area contributed by atoms with Crippen molar-refractivity contribution in [1.29, 1.82) is 0 Å². The molecule has 2 aromatic carbocycles. The lowest BCUT2D eigenvalue weighted by molar-refractivity contribution is -0.0661. The van der Waals surface area contributed by atoms with Crippen molar-refractivity contribution in [2.75, 3.05) is 13.7 Å². The number of nitrogens with zero attached hydrogens (tertiary/aromatic N) is 2. The first-order valence-corrected chi connectivity index (χ1v) is 13.6. The van der Waals surface area contributed by atoms with Crippen LogP contribution in [0.15, 0.2) is 42.6 Å². The number of carboxylic acids is 1. The second-order valence-electron chi connectivity index (χ2n) is 12.0. The van der Waals surface area contributed by atoms with Gasteiger partial charge in [-0.2, -0.15) is 0 Å². The first kappa shape index (κ1) is 27.2. The van der Waals surface area contributed by atoms with Crippen LogP contribution in [0, 0.1) is 12.8 Å². The summed E-state index contributed by atoms with van der Waals surface area (Å²) >= 11 is 0. The normalized spacial score (nSPS) is 22.2. The number of methoxy groups -OCH3 is 1. The zero-order valence-electron chi connectivity index (χ0n) is 23.4. The number of carbonyl (C=O) groups is 2. The Labute approximate surface area is 229 Å². The molecule has 2 aliphatic rings. The van der Waals surface area contributed by atoms with Crippen molar-refractivity contribution >= 4 is 23.0 Å². The highest BCUT2D eigenvalue weighted by molar-refractivity contribution is 5.95. The molecule has 2 fully saturated rings. The molecule has 1 saturated carbocycles. The number of rotatable bonds is 6. The molecular weight excluding hydrogens is 496 g/mol. The Balaban J connectivity index is 1.53. The Hall–Kier alpha value is -3.36. The quantitative estimate of drug-likeness (QED) is 0.405. The monoisotopic (exact) mass is 534 g/mol. The van der Waals surface area contributed by atoms with E-state index in [1.54, 1.807) is 30.0 Å². The van der Waals surface area contributed by atoms with E-state index >= 15 is 0 Å². The van der Waals surface area contributed by atoms with Crippen LogP contribution in [0.5, 0.6) is 5.75 Å². The predicted molar refractivity (Wildman–Crippen MR) is 148 cm³/mol. The van der Waals surface area contributed by atoms with Gasteiger partial charge < -0.3 is 19.7 Å². The number of hydrogen-bond donors (Lipinski definition) is 2. The van der Waals surface area contributed by atoms with Gasteiger partial charge in [-0.15, -0.1) is 0 Å². The maximum atomic E-state index is 13.0. The topological polar surface area (TPSA) is 101 Å². The van der Waals surface area contributed by atoms with E-state index in [1.165, 1.54) is 0 Å². The molecule has 1 aromatic heterocycles. The van der Waals surface area contributed by atoms with Crippen molar-refractivity contribution < 1.29 is 29.3 Å². The molecule has 2 atom stereocenters. The lowest BCUT2D eigenvalue weighted by atomic mass is 9.80. The summed E-state index contributed by atoms with van der Waals surface area (Å²) in [6.45, 7) is 8.73. The maximum absolute atomic E-state index is 13.0. The van der Waals surface area contributed by atoms with E-state index in [9.17, 15) is 19.8 Å². The van der Waals surface area contributed by atoms with Gasteiger partial charge in [0.15, 0.2) is 0 Å². The molecule has 5 rings (SSSR count). The molecule has 1 aliphatic carbocycles. The largest absolute Gasteiger partial charge is 0.496 e. The van der Waals surface area contributed by atoms with Crippen LogP contribution in [0.1, 0.15) is 79.5 Å². The Kier molecular flexibility index (Phi) is 6.97. The van der Waals surface area contributed by atoms with E-state index in [1.807, 2.05) is 52.0 Å². The van der Waals surface area contributed by atoms with Crippen LogP contribution >= 0.6 is 0 Å². The van der Waals surface area contributed by atoms with E-state index in [2.05, 4.69) is 4.90 Å². The highest BCUT2D eigenvalue weighted by Crippen LogP contribution is 2.50. The maximum Gasteiger partial charge on any atom is 0.419 e. The molecule has 208 valence electrons. The molecule has 0 spiro atoms. The van der Waals surface area contributed by atoms with E-state index < -0.39 is 23.3 Å². The summed E-state index contributed by atoms with van der Waals surface area (Å²) < 4.78 is 13.0. The number of aromatic carboxylic acids is 1. The second-order valence-corrected chi connectivity index (χ2v) is 12.0. The fourth-order valence-corrected chi connectivity index (χ4v) is 5.99. The zero-order chi connectivity index (χ0) is 28.1. The lowest BCUT2D eigenvalue weighted by Crippen LogP contribution is -2.47. The number of hydrogen-bond acceptors (Lipinski definition) is 6. The molecule has 2 N–H and O–H groups in total. The van der Waals surface area contributed by atoms with Crippen molar-refractivity contribution in [2.24, 2.45) is 5.92 Å². The average molecular weight is 535 g/mol. The average Bonchev–Trinajstić information content (AvgIpc) is 3.64. The smallest absolute Gasteiger partial charge is 0.419 e. The number of aliphatic hydroxyl groups is 1. The van der Waals surface area contributed by atoms with Crippen molar-refractivity contribution in [3.63, 3.8) is 0 Å². The van der Waals surface area contributed by atoms with E-state index in [4.69, 9.17) is 9.47 Å². The fourth-order valence-electron chi connectivity index (χ4n) is 5.99. The van der Waals surface area contributed by atoms with Crippen LogP contribution in [0.4, 0.5) is 4.79 Å². The summed E-state index contributed by atoms with van der Waals surface area (Å²) in [7, 11) is 1.65. The van der Waals surface area contributed by atoms with Gasteiger partial charge >= 0.3 is 12.1 Å². The molecule has 2 heterocycles. The zero-order valence-corrected chi connectivity index (χ0v) is 23.4. The summed E-state index contributed by atoms with van der Waals surface area (Å²) in [6, 6.07) is 10.8. The Bertz CT molecular complexity index is 1400. The molecule has 0 radical (unpaired) electrons. The van der Waals surface area contributed by atoms with Gasteiger partial charge in [-0.1, -0.05) is 12.1 Å². The molecule has 8 heteroatoms. The van der Waals surface area contributed by atoms with Gasteiger partial charge in [0.2, 0.25) is 0 Å². The number of benzene rings is 2. The van der Waals surface area contributed by atoms with Crippen molar-refractivity contribution in [3.05, 3.63) is 64.8 Å². The Morgan fingerprint density at radius 2 is 1.82 bits per heavy atom. The summed E-state index contributed by atoms with van der Waals surface area (Å²) in [5.74, 6) is 0.103. The molecule has 0 bridgehead atoms. The first-order valence-electron chi connectivity index (χ1n) is 13.6. The standard InChI is InChI=1S/C31H38N2O6/c1-19-16-26(38-5)24(23-12-14-33(27(19)23)29(36)39-30(2,3)4)18-32-15-13-31(37,22-10-11-22)17-25(32)20-6-8-21(9-7-20)28(34)35/h6-9,12,14,16,22,25,37H,10-11,13,15,17-18H2,1-5H3,(H,34,35)/t25-,31+/m0/s1. The van der Waals surface area contributed by atoms with Gasteiger partial charge in [0, 0.05) is 36.3 Å². The third-order valence-corrected chi connectivity index (χ3v) is 8.10. The first-order chi connectivity index (χ1) is 18.4. The van der Waals surface area contributed by atoms with Crippen LogP contribution in [0.2, 0.25) is 0 Å². The van der Waals surface area contributed by atoms with Gasteiger partial charge in [-0.05, 0) is 94.7 Å². The molecule has 39 heavy (non-hydrogen) atoms. The number of piperidine rings is 1. The minimum absolute atomic E-state index is 0.0961. The number of carbonyl (C=O) groups excluding carboxylic acids is 1. The van der Waals surface area contributed by atoms with E-state index in [0.717, 1.165) is 46.2 Å². The molecule has 3 aromatic rings. The molecule has 8 nitrogen and oxygen atoms in total. The Morgan fingerprint density at radius 1 is 1.13 bits per heavy atom. The van der Waals surface area contributed by atoms with Gasteiger partial charge in [0.1, 0.15) is 11.4 Å². The van der Waals surface area contributed by atoms with Crippen LogP contribution in [0.25, 0.3) is 10.9 Å². The van der Waals surface area contributed by atoms with Gasteiger partial charge in [0.05, 0.1) is 23.8 Å². The van der Waals surface area contributed by atoms with Crippen LogP contribution in [-0.4, -0.2) is 56.6 Å². The van der Waals surface area contributed by atoms with Crippen molar-refractivity contribution in [1.82, 2.24) is 9.47 Å². The molecule has 0 amide bonds. The summed E-state index contributed by atoms with van der Waals surface area (Å²) in [6.07, 6.45) is 4.68. The second kappa shape index (κ2) is 9.99. The van der Waals surface area contributed by atoms with Crippen molar-refractivity contribution in [3.8, 4) is 5.75 Å². The van der Waals surface area contributed by atoms with Crippen molar-refractivity contribution in [2.45, 2.75) is 77.2 Å². The lowest BCUT2D eigenvalue weighted by Gasteiger charge is -2.45. The SMILES string of the molecule is COc1cc(C)c2c(ccn2C(=O)OC(C)(C)C)c1CN1CC[C@](O)(C2CC2)C[C@H]1c1ccc(C(=O)O)cc1. The van der Waals surface area contributed by atoms with Crippen LogP contribution in [0.3, 0.4) is 0 Å². The number of fused-ring (bicyclic) bond motifs is 1. The van der Waals surface area contributed by atoms with Crippen LogP contribution in [-0.2, 0) is 11.3 Å². The third kappa shape index (κ3) is 5.40. The number of aryl methyl sites for hydroxylation is 1. The minimum atomic E-state index is -0.960. The highest BCUT2D eigenvalue weighted by Gasteiger charge is 2.48. The number of ether oxygens (including phenoxy) is 2. The molecule has 1 aliphatic heterocycles. The molecular formula is C31H38N2O6. The van der Waals surface area contributed by atoms with Gasteiger partial charge in [-0.3, -0.25) is 9.47 Å². The molecule has 1 saturated heterocycles. The van der Waals surface area contributed by atoms with Gasteiger partial charge in [0.25, 0.3) is 0 Å². The van der Waals surface area contributed by atoms with Gasteiger partial charge in [-0.25, -0.2) is 9.59 Å². The number of carboxylic acid groups (broad SMARTS) is 1. The summed E-state index contributed by atoms with van der Waals surface area (Å²) in [5, 5.41) is 21.8. The van der Waals surface area contributed by atoms with E-state index in [0.29, 0.717) is 31.8 Å². The minimum Gasteiger partial charge on any atom is -0.496 e. The predicted octanol–water partition coefficient (Wildman–Crippen LogP) is 5.92. The number of likely N-dealkylation sites (tertiary alicyclic amines) is 1. The summed E-state index contributed by atoms with van der Waals surface area (Å²) in [5.41, 5.74) is 2.53. The Morgan fingerprint density at radius 3 is 2.41 bits per heavy atom. The highest BCUT2D eigenvalue weighted by atomic mass is 16.6.